The molecule has 1 aromatic heterocycles. The predicted molar refractivity (Wildman–Crippen MR) is 98.2 cm³/mol. The molecule has 0 radical (unpaired) electrons. The highest BCUT2D eigenvalue weighted by Crippen LogP contribution is 2.04. The summed E-state index contributed by atoms with van der Waals surface area (Å²) in [5.41, 5.74) is 1.09. The van der Waals surface area contributed by atoms with E-state index in [-0.39, 0.29) is 24.9 Å². The summed E-state index contributed by atoms with van der Waals surface area (Å²) in [4.78, 5) is 30.8. The first-order valence-corrected chi connectivity index (χ1v) is 9.54. The molecular formula is C18H29N5O4. The van der Waals surface area contributed by atoms with Gasteiger partial charge in [-0.15, -0.1) is 0 Å². The van der Waals surface area contributed by atoms with Gasteiger partial charge >= 0.3 is 0 Å². The number of aryl methyl sites for hydroxylation is 1. The van der Waals surface area contributed by atoms with Crippen LogP contribution in [0.5, 0.6) is 0 Å². The van der Waals surface area contributed by atoms with Crippen LogP contribution in [0.4, 0.5) is 0 Å². The molecule has 3 rings (SSSR count). The summed E-state index contributed by atoms with van der Waals surface area (Å²) in [6, 6.07) is 0. The molecule has 2 fully saturated rings. The largest absolute Gasteiger partial charge is 0.378 e. The Morgan fingerprint density at radius 2 is 1.52 bits per heavy atom. The third kappa shape index (κ3) is 6.02. The minimum atomic E-state index is 0.0460. The van der Waals surface area contributed by atoms with E-state index in [1.807, 2.05) is 38.7 Å². The topological polar surface area (TPSA) is 80.1 Å². The molecule has 3 heterocycles. The minimum absolute atomic E-state index is 0.0460. The van der Waals surface area contributed by atoms with Gasteiger partial charge in [-0.3, -0.25) is 19.2 Å². The zero-order valence-corrected chi connectivity index (χ0v) is 16.0. The third-order valence-electron chi connectivity index (χ3n) is 4.85. The van der Waals surface area contributed by atoms with Gasteiger partial charge < -0.3 is 19.3 Å². The normalized spacial score (nSPS) is 18.1. The summed E-state index contributed by atoms with van der Waals surface area (Å²) >= 11 is 0. The van der Waals surface area contributed by atoms with Crippen LogP contribution in [0, 0.1) is 6.92 Å². The van der Waals surface area contributed by atoms with Gasteiger partial charge in [0.25, 0.3) is 0 Å². The number of carbonyl (C=O) groups excluding carboxylic acids is 2. The number of carbonyl (C=O) groups is 2. The lowest BCUT2D eigenvalue weighted by Crippen LogP contribution is -2.50. The second-order valence-corrected chi connectivity index (χ2v) is 6.98. The van der Waals surface area contributed by atoms with E-state index < -0.39 is 0 Å². The number of hydrogen-bond donors (Lipinski definition) is 0. The molecule has 0 N–H and O–H groups in total. The first kappa shape index (κ1) is 19.8. The molecule has 9 nitrogen and oxygen atoms in total. The van der Waals surface area contributed by atoms with E-state index in [4.69, 9.17) is 9.47 Å². The number of rotatable bonds is 7. The number of hydrogen-bond acceptors (Lipinski definition) is 6. The van der Waals surface area contributed by atoms with Crippen molar-refractivity contribution in [3.63, 3.8) is 0 Å². The Hall–Kier alpha value is -1.97. The zero-order valence-electron chi connectivity index (χ0n) is 16.0. The predicted octanol–water partition coefficient (Wildman–Crippen LogP) is -0.789. The van der Waals surface area contributed by atoms with E-state index in [0.29, 0.717) is 65.7 Å². The molecule has 2 aliphatic heterocycles. The van der Waals surface area contributed by atoms with Crippen molar-refractivity contribution in [3.05, 3.63) is 18.0 Å². The molecule has 0 bridgehead atoms. The van der Waals surface area contributed by atoms with Crippen LogP contribution in [-0.4, -0.2) is 109 Å². The molecule has 2 aliphatic rings. The van der Waals surface area contributed by atoms with E-state index in [1.54, 1.807) is 0 Å². The minimum Gasteiger partial charge on any atom is -0.378 e. The summed E-state index contributed by atoms with van der Waals surface area (Å²) in [7, 11) is 0. The van der Waals surface area contributed by atoms with Crippen LogP contribution in [0.3, 0.4) is 0 Å². The van der Waals surface area contributed by atoms with E-state index in [0.717, 1.165) is 5.56 Å². The van der Waals surface area contributed by atoms with E-state index in [2.05, 4.69) is 5.10 Å². The molecule has 9 heteroatoms. The molecule has 0 atom stereocenters. The summed E-state index contributed by atoms with van der Waals surface area (Å²) in [6.07, 6.45) is 3.77. The zero-order chi connectivity index (χ0) is 19.1. The van der Waals surface area contributed by atoms with Crippen molar-refractivity contribution in [1.82, 2.24) is 24.5 Å². The van der Waals surface area contributed by atoms with Crippen molar-refractivity contribution in [3.8, 4) is 0 Å². The fourth-order valence-electron chi connectivity index (χ4n) is 3.26. The number of amides is 2. The first-order chi connectivity index (χ1) is 13.1. The maximum absolute atomic E-state index is 12.6. The van der Waals surface area contributed by atoms with Gasteiger partial charge in [0, 0.05) is 38.9 Å². The Morgan fingerprint density at radius 1 is 1.00 bits per heavy atom. The maximum Gasteiger partial charge on any atom is 0.236 e. The van der Waals surface area contributed by atoms with Crippen molar-refractivity contribution in [2.45, 2.75) is 13.5 Å². The van der Waals surface area contributed by atoms with Crippen molar-refractivity contribution in [2.24, 2.45) is 0 Å². The molecule has 1 aromatic rings. The van der Waals surface area contributed by atoms with Crippen molar-refractivity contribution >= 4 is 11.8 Å². The monoisotopic (exact) mass is 379 g/mol. The number of nitrogens with zero attached hydrogens (tertiary/aromatic N) is 5. The Morgan fingerprint density at radius 3 is 1.96 bits per heavy atom. The lowest BCUT2D eigenvalue weighted by molar-refractivity contribution is -0.140. The van der Waals surface area contributed by atoms with Crippen LogP contribution in [-0.2, 0) is 25.6 Å². The molecule has 0 spiro atoms. The Bertz CT molecular complexity index is 591. The molecular weight excluding hydrogens is 350 g/mol. The standard InChI is InChI=1S/C18H29N5O4/c1-16-12-19-23(13-16)3-2-20(14-17(24)21-4-8-26-9-5-21)15-18(25)22-6-10-27-11-7-22/h12-13H,2-11,14-15H2,1H3. The fourth-order valence-corrected chi connectivity index (χ4v) is 3.26. The molecule has 2 saturated heterocycles. The number of aromatic nitrogens is 2. The van der Waals surface area contributed by atoms with Gasteiger partial charge in [0.2, 0.25) is 11.8 Å². The quantitative estimate of drug-likeness (QED) is 0.618. The summed E-state index contributed by atoms with van der Waals surface area (Å²) in [5.74, 6) is 0.0921. The van der Waals surface area contributed by atoms with Crippen LogP contribution in [0.15, 0.2) is 12.4 Å². The van der Waals surface area contributed by atoms with E-state index in [1.165, 1.54) is 0 Å². The van der Waals surface area contributed by atoms with Crippen LogP contribution in [0.25, 0.3) is 0 Å². The second-order valence-electron chi connectivity index (χ2n) is 6.98. The van der Waals surface area contributed by atoms with Crippen LogP contribution in [0.1, 0.15) is 5.56 Å². The van der Waals surface area contributed by atoms with E-state index >= 15 is 0 Å². The third-order valence-corrected chi connectivity index (χ3v) is 4.85. The van der Waals surface area contributed by atoms with Gasteiger partial charge in [-0.05, 0) is 12.5 Å². The van der Waals surface area contributed by atoms with Gasteiger partial charge in [0.05, 0.1) is 52.3 Å². The van der Waals surface area contributed by atoms with Gasteiger partial charge in [-0.1, -0.05) is 0 Å². The highest BCUT2D eigenvalue weighted by atomic mass is 16.5. The molecule has 0 aliphatic carbocycles. The smallest absolute Gasteiger partial charge is 0.236 e. The SMILES string of the molecule is Cc1cnn(CCN(CC(=O)N2CCOCC2)CC(=O)N2CCOCC2)c1. The van der Waals surface area contributed by atoms with E-state index in [9.17, 15) is 9.59 Å². The highest BCUT2D eigenvalue weighted by molar-refractivity contribution is 5.81. The maximum atomic E-state index is 12.6. The second kappa shape index (κ2) is 9.82. The first-order valence-electron chi connectivity index (χ1n) is 9.54. The average Bonchev–Trinajstić information content (AvgIpc) is 3.12. The number of morpholine rings is 2. The van der Waals surface area contributed by atoms with Crippen molar-refractivity contribution < 1.29 is 19.1 Å². The fraction of sp³-hybridized carbons (Fsp3) is 0.722. The molecule has 0 saturated carbocycles. The van der Waals surface area contributed by atoms with Crippen LogP contribution < -0.4 is 0 Å². The van der Waals surface area contributed by atoms with Gasteiger partial charge in [0.15, 0.2) is 0 Å². The summed E-state index contributed by atoms with van der Waals surface area (Å²) < 4.78 is 12.5. The van der Waals surface area contributed by atoms with Gasteiger partial charge in [-0.2, -0.15) is 5.10 Å². The van der Waals surface area contributed by atoms with Gasteiger partial charge in [0.1, 0.15) is 0 Å². The molecule has 0 unspecified atom stereocenters. The number of ether oxygens (including phenoxy) is 2. The lowest BCUT2D eigenvalue weighted by Gasteiger charge is -2.32. The van der Waals surface area contributed by atoms with Crippen molar-refractivity contribution in [2.75, 3.05) is 72.2 Å². The Kier molecular flexibility index (Phi) is 7.19. The Labute approximate surface area is 159 Å². The highest BCUT2D eigenvalue weighted by Gasteiger charge is 2.24. The molecule has 27 heavy (non-hydrogen) atoms. The summed E-state index contributed by atoms with van der Waals surface area (Å²) in [5, 5.41) is 4.29. The van der Waals surface area contributed by atoms with Crippen LogP contribution in [0.2, 0.25) is 0 Å². The van der Waals surface area contributed by atoms with Crippen LogP contribution >= 0.6 is 0 Å². The van der Waals surface area contributed by atoms with Gasteiger partial charge in [-0.25, -0.2) is 0 Å². The lowest BCUT2D eigenvalue weighted by atomic mass is 10.3. The molecule has 2 amide bonds. The Balaban J connectivity index is 1.57. The molecule has 0 aromatic carbocycles. The molecule has 150 valence electrons. The average molecular weight is 379 g/mol. The van der Waals surface area contributed by atoms with Crippen molar-refractivity contribution in [1.29, 1.82) is 0 Å². The summed E-state index contributed by atoms with van der Waals surface area (Å²) in [6.45, 7) is 8.44.